The molecule has 0 amide bonds. The molecule has 0 aromatic carbocycles. The first-order valence-electron chi connectivity index (χ1n) is 7.37. The summed E-state index contributed by atoms with van der Waals surface area (Å²) in [6.07, 6.45) is -0.729. The van der Waals surface area contributed by atoms with Crippen LogP contribution in [0.5, 0.6) is 5.88 Å². The third-order valence-corrected chi connectivity index (χ3v) is 4.49. The number of ether oxygens (including phenoxy) is 1. The van der Waals surface area contributed by atoms with Crippen molar-refractivity contribution in [3.63, 3.8) is 0 Å². The molecule has 10 heteroatoms. The Morgan fingerprint density at radius 1 is 1.33 bits per heavy atom. The standard InChI is InChI=1S/C14H15ClFN7O/c1-23-8-3-7(15)13(24-2)19-10(8)9(6-4-17-18-5-6)11(23)12-20-14(16)22-21-12/h3,6,17-18H,4-5H2,1-2H3,(H,20,21,22). The van der Waals surface area contributed by atoms with Crippen LogP contribution in [-0.4, -0.2) is 44.9 Å². The number of aromatic nitrogens is 5. The van der Waals surface area contributed by atoms with Gasteiger partial charge in [-0.05, 0) is 6.07 Å². The summed E-state index contributed by atoms with van der Waals surface area (Å²) in [5.74, 6) is 0.760. The van der Waals surface area contributed by atoms with Crippen LogP contribution in [0.1, 0.15) is 11.5 Å². The lowest BCUT2D eigenvalue weighted by Crippen LogP contribution is -2.21. The number of pyridine rings is 1. The zero-order chi connectivity index (χ0) is 16.8. The fourth-order valence-electron chi connectivity index (χ4n) is 3.14. The van der Waals surface area contributed by atoms with Crippen molar-refractivity contribution in [1.29, 1.82) is 0 Å². The summed E-state index contributed by atoms with van der Waals surface area (Å²) in [6, 6.07) is 1.79. The Kier molecular flexibility index (Phi) is 3.63. The average Bonchev–Trinajstić information content (AvgIpc) is 3.27. The van der Waals surface area contributed by atoms with Crippen LogP contribution < -0.4 is 15.6 Å². The van der Waals surface area contributed by atoms with E-state index in [1.807, 2.05) is 11.6 Å². The zero-order valence-electron chi connectivity index (χ0n) is 13.0. The van der Waals surface area contributed by atoms with Gasteiger partial charge in [-0.25, -0.2) is 10.1 Å². The molecule has 8 nitrogen and oxygen atoms in total. The van der Waals surface area contributed by atoms with E-state index in [4.69, 9.17) is 16.3 Å². The van der Waals surface area contributed by atoms with Crippen molar-refractivity contribution in [3.05, 3.63) is 22.7 Å². The van der Waals surface area contributed by atoms with Crippen LogP contribution in [0.4, 0.5) is 4.39 Å². The van der Waals surface area contributed by atoms with Gasteiger partial charge >= 0.3 is 6.08 Å². The van der Waals surface area contributed by atoms with E-state index in [2.05, 4.69) is 31.0 Å². The van der Waals surface area contributed by atoms with Gasteiger partial charge in [-0.2, -0.15) is 9.37 Å². The zero-order valence-corrected chi connectivity index (χ0v) is 13.8. The van der Waals surface area contributed by atoms with Gasteiger partial charge in [0.05, 0.1) is 23.8 Å². The van der Waals surface area contributed by atoms with E-state index in [0.29, 0.717) is 29.7 Å². The number of hydrogen-bond acceptors (Lipinski definition) is 6. The number of H-pyrrole nitrogens is 1. The number of fused-ring (bicyclic) bond motifs is 1. The molecule has 126 valence electrons. The molecule has 3 N–H and O–H groups in total. The van der Waals surface area contributed by atoms with Crippen LogP contribution in [0.3, 0.4) is 0 Å². The van der Waals surface area contributed by atoms with Gasteiger partial charge in [0.15, 0.2) is 0 Å². The number of nitrogens with one attached hydrogen (secondary N) is 3. The van der Waals surface area contributed by atoms with Crippen molar-refractivity contribution in [2.24, 2.45) is 7.05 Å². The monoisotopic (exact) mass is 351 g/mol. The van der Waals surface area contributed by atoms with Gasteiger partial charge in [-0.1, -0.05) is 11.6 Å². The number of rotatable bonds is 3. The van der Waals surface area contributed by atoms with Crippen molar-refractivity contribution in [2.45, 2.75) is 5.92 Å². The fraction of sp³-hybridized carbons (Fsp3) is 0.357. The number of aromatic amines is 1. The molecule has 0 atom stereocenters. The number of nitrogens with zero attached hydrogens (tertiary/aromatic N) is 4. The SMILES string of the molecule is COc1nc2c(C3CNNC3)c(-c3n[nH]c(F)n3)n(C)c2cc1Cl. The molecule has 0 spiro atoms. The molecule has 4 heterocycles. The third kappa shape index (κ3) is 2.24. The van der Waals surface area contributed by atoms with Gasteiger partial charge in [0.25, 0.3) is 0 Å². The summed E-state index contributed by atoms with van der Waals surface area (Å²) in [4.78, 5) is 8.41. The Morgan fingerprint density at radius 2 is 2.08 bits per heavy atom. The van der Waals surface area contributed by atoms with Crippen molar-refractivity contribution in [1.82, 2.24) is 35.6 Å². The first-order chi connectivity index (χ1) is 11.6. The largest absolute Gasteiger partial charge is 0.480 e. The Bertz CT molecular complexity index is 916. The van der Waals surface area contributed by atoms with Crippen LogP contribution >= 0.6 is 11.6 Å². The minimum absolute atomic E-state index is 0.128. The quantitative estimate of drug-likeness (QED) is 0.659. The summed E-state index contributed by atoms with van der Waals surface area (Å²) in [5.41, 5.74) is 9.39. The normalized spacial score (nSPS) is 15.5. The maximum atomic E-state index is 13.4. The summed E-state index contributed by atoms with van der Waals surface area (Å²) < 4.78 is 20.5. The molecule has 4 rings (SSSR count). The predicted molar refractivity (Wildman–Crippen MR) is 86.4 cm³/mol. The minimum Gasteiger partial charge on any atom is -0.480 e. The van der Waals surface area contributed by atoms with E-state index >= 15 is 0 Å². The maximum absolute atomic E-state index is 13.4. The average molecular weight is 352 g/mol. The molecular formula is C14H15ClFN7O. The highest BCUT2D eigenvalue weighted by Gasteiger charge is 2.30. The number of hydrazine groups is 1. The Balaban J connectivity index is 2.05. The molecule has 24 heavy (non-hydrogen) atoms. The van der Waals surface area contributed by atoms with E-state index in [1.165, 1.54) is 7.11 Å². The van der Waals surface area contributed by atoms with Gasteiger partial charge < -0.3 is 9.30 Å². The first kappa shape index (κ1) is 15.3. The molecule has 0 unspecified atom stereocenters. The maximum Gasteiger partial charge on any atom is 0.305 e. The van der Waals surface area contributed by atoms with E-state index in [-0.39, 0.29) is 11.7 Å². The summed E-state index contributed by atoms with van der Waals surface area (Å²) in [7, 11) is 3.38. The van der Waals surface area contributed by atoms with Crippen LogP contribution in [0, 0.1) is 6.08 Å². The second-order valence-corrected chi connectivity index (χ2v) is 5.98. The summed E-state index contributed by atoms with van der Waals surface area (Å²) in [6.45, 7) is 1.43. The molecule has 0 aliphatic carbocycles. The Labute approximate surface area is 141 Å². The second-order valence-electron chi connectivity index (χ2n) is 5.58. The van der Waals surface area contributed by atoms with Crippen LogP contribution in [0.15, 0.2) is 6.07 Å². The molecule has 1 saturated heterocycles. The highest BCUT2D eigenvalue weighted by atomic mass is 35.5. The summed E-state index contributed by atoms with van der Waals surface area (Å²) >= 11 is 6.22. The Morgan fingerprint density at radius 3 is 2.71 bits per heavy atom. The highest BCUT2D eigenvalue weighted by Crippen LogP contribution is 2.38. The molecule has 1 aliphatic heterocycles. The van der Waals surface area contributed by atoms with Gasteiger partial charge in [0, 0.05) is 31.6 Å². The number of aryl methyl sites for hydroxylation is 1. The number of halogens is 2. The van der Waals surface area contributed by atoms with Crippen LogP contribution in [-0.2, 0) is 7.05 Å². The molecule has 0 saturated carbocycles. The molecule has 1 fully saturated rings. The van der Waals surface area contributed by atoms with E-state index in [1.54, 1.807) is 6.07 Å². The highest BCUT2D eigenvalue weighted by molar-refractivity contribution is 6.32. The van der Waals surface area contributed by atoms with Gasteiger partial charge in [0.1, 0.15) is 5.02 Å². The van der Waals surface area contributed by atoms with Crippen molar-refractivity contribution < 1.29 is 9.13 Å². The molecule has 0 bridgehead atoms. The van der Waals surface area contributed by atoms with Crippen molar-refractivity contribution in [2.75, 3.05) is 20.2 Å². The van der Waals surface area contributed by atoms with E-state index < -0.39 is 6.08 Å². The predicted octanol–water partition coefficient (Wildman–Crippen LogP) is 1.35. The lowest BCUT2D eigenvalue weighted by molar-refractivity contribution is 0.400. The van der Waals surface area contributed by atoms with E-state index in [9.17, 15) is 4.39 Å². The molecular weight excluding hydrogens is 337 g/mol. The third-order valence-electron chi connectivity index (χ3n) is 4.22. The van der Waals surface area contributed by atoms with E-state index in [0.717, 1.165) is 16.6 Å². The van der Waals surface area contributed by atoms with Crippen LogP contribution in [0.2, 0.25) is 5.02 Å². The number of hydrogen-bond donors (Lipinski definition) is 3. The van der Waals surface area contributed by atoms with Gasteiger partial charge in [-0.3, -0.25) is 10.9 Å². The molecule has 0 radical (unpaired) electrons. The fourth-order valence-corrected chi connectivity index (χ4v) is 3.37. The first-order valence-corrected chi connectivity index (χ1v) is 7.74. The van der Waals surface area contributed by atoms with Gasteiger partial charge in [-0.15, -0.1) is 5.10 Å². The van der Waals surface area contributed by atoms with Crippen LogP contribution in [0.25, 0.3) is 22.6 Å². The van der Waals surface area contributed by atoms with Crippen molar-refractivity contribution in [3.8, 4) is 17.4 Å². The summed E-state index contributed by atoms with van der Waals surface area (Å²) in [5, 5.41) is 6.63. The molecule has 3 aromatic rings. The second kappa shape index (κ2) is 5.69. The Hall–Kier alpha value is -2.23. The molecule has 3 aromatic heterocycles. The minimum atomic E-state index is -0.729. The van der Waals surface area contributed by atoms with Crippen molar-refractivity contribution >= 4 is 22.6 Å². The topological polar surface area (TPSA) is 92.7 Å². The van der Waals surface area contributed by atoms with Gasteiger partial charge in [0.2, 0.25) is 11.7 Å². The molecule has 1 aliphatic rings. The smallest absolute Gasteiger partial charge is 0.305 e. The lowest BCUT2D eigenvalue weighted by Gasteiger charge is -2.09. The number of methoxy groups -OCH3 is 1. The lowest BCUT2D eigenvalue weighted by atomic mass is 9.98.